The zero-order valence-electron chi connectivity index (χ0n) is 20.4. The van der Waals surface area contributed by atoms with Crippen LogP contribution in [0.1, 0.15) is 86.0 Å². The van der Waals surface area contributed by atoms with E-state index in [2.05, 4.69) is 44.6 Å². The summed E-state index contributed by atoms with van der Waals surface area (Å²) in [5.41, 5.74) is -0.730. The first-order valence-corrected chi connectivity index (χ1v) is 12.5. The number of amides is 1. The molecule has 7 heteroatoms. The van der Waals surface area contributed by atoms with Crippen LogP contribution in [0.5, 0.6) is 0 Å². The van der Waals surface area contributed by atoms with Crippen molar-refractivity contribution in [2.24, 2.45) is 0 Å². The summed E-state index contributed by atoms with van der Waals surface area (Å²) in [5.74, 6) is 0.0532. The summed E-state index contributed by atoms with van der Waals surface area (Å²) >= 11 is 0. The second-order valence-electron chi connectivity index (χ2n) is 10.6. The Kier molecular flexibility index (Phi) is 8.41. The molecule has 0 bridgehead atoms. The molecule has 0 aromatic heterocycles. The van der Waals surface area contributed by atoms with Crippen molar-refractivity contribution in [3.63, 3.8) is 0 Å². The highest BCUT2D eigenvalue weighted by Gasteiger charge is 2.64. The molecule has 180 valence electrons. The van der Waals surface area contributed by atoms with E-state index in [4.69, 9.17) is 9.57 Å². The van der Waals surface area contributed by atoms with Crippen LogP contribution in [0.25, 0.3) is 0 Å². The molecule has 3 fully saturated rings. The second kappa shape index (κ2) is 10.5. The van der Waals surface area contributed by atoms with Gasteiger partial charge < -0.3 is 14.7 Å². The summed E-state index contributed by atoms with van der Waals surface area (Å²) in [4.78, 5) is 23.5. The first kappa shape index (κ1) is 24.9. The van der Waals surface area contributed by atoms with Gasteiger partial charge in [0, 0.05) is 25.9 Å². The monoisotopic (exact) mass is 439 g/mol. The number of ether oxygens (including phenoxy) is 1. The van der Waals surface area contributed by atoms with Gasteiger partial charge in [-0.25, -0.2) is 0 Å². The Morgan fingerprint density at radius 2 is 1.61 bits per heavy atom. The van der Waals surface area contributed by atoms with Crippen LogP contribution >= 0.6 is 0 Å². The zero-order valence-corrected chi connectivity index (χ0v) is 20.4. The number of hydroxylamine groups is 2. The van der Waals surface area contributed by atoms with E-state index in [1.165, 1.54) is 32.1 Å². The van der Waals surface area contributed by atoms with Gasteiger partial charge in [-0.05, 0) is 34.1 Å². The van der Waals surface area contributed by atoms with Gasteiger partial charge in [-0.3, -0.25) is 14.5 Å². The average molecular weight is 440 g/mol. The van der Waals surface area contributed by atoms with Crippen molar-refractivity contribution in [2.45, 2.75) is 115 Å². The van der Waals surface area contributed by atoms with E-state index in [1.807, 2.05) is 0 Å². The van der Waals surface area contributed by atoms with Crippen molar-refractivity contribution in [3.8, 4) is 0 Å². The highest BCUT2D eigenvalue weighted by atomic mass is 16.7. The van der Waals surface area contributed by atoms with Gasteiger partial charge in [-0.15, -0.1) is 0 Å². The van der Waals surface area contributed by atoms with E-state index >= 15 is 0 Å². The minimum atomic E-state index is -0.713. The molecule has 0 radical (unpaired) electrons. The van der Waals surface area contributed by atoms with Crippen LogP contribution in [-0.4, -0.2) is 88.2 Å². The highest BCUT2D eigenvalue weighted by Crippen LogP contribution is 2.47. The second-order valence-corrected chi connectivity index (χ2v) is 10.6. The number of unbranched alkanes of at least 4 members (excludes halogenated alkanes) is 5. The number of aliphatic hydroxyl groups excluding tert-OH is 1. The van der Waals surface area contributed by atoms with E-state index in [0.717, 1.165) is 19.5 Å². The number of morpholine rings is 1. The summed E-state index contributed by atoms with van der Waals surface area (Å²) < 4.78 is 5.61. The molecule has 0 saturated carbocycles. The Bertz CT molecular complexity index is 591. The number of hydrogen-bond donors (Lipinski definition) is 1. The van der Waals surface area contributed by atoms with E-state index in [1.54, 1.807) is 4.90 Å². The molecular formula is C24H45N3O4. The van der Waals surface area contributed by atoms with Crippen LogP contribution in [0, 0.1) is 0 Å². The molecule has 1 amide bonds. The van der Waals surface area contributed by atoms with Crippen LogP contribution in [0.4, 0.5) is 0 Å². The van der Waals surface area contributed by atoms with Crippen LogP contribution in [0.2, 0.25) is 0 Å². The average Bonchev–Trinajstić information content (AvgIpc) is 3.12. The van der Waals surface area contributed by atoms with Crippen molar-refractivity contribution in [1.82, 2.24) is 14.9 Å². The predicted molar refractivity (Wildman–Crippen MR) is 121 cm³/mol. The van der Waals surface area contributed by atoms with Gasteiger partial charge in [-0.1, -0.05) is 39.0 Å². The number of carbonyl (C=O) groups is 1. The third kappa shape index (κ3) is 5.11. The molecule has 7 nitrogen and oxygen atoms in total. The van der Waals surface area contributed by atoms with Gasteiger partial charge in [0.2, 0.25) is 5.91 Å². The van der Waals surface area contributed by atoms with Gasteiger partial charge in [0.25, 0.3) is 0 Å². The molecule has 3 saturated heterocycles. The first-order valence-electron chi connectivity index (χ1n) is 12.5. The molecule has 31 heavy (non-hydrogen) atoms. The topological polar surface area (TPSA) is 65.5 Å². The highest BCUT2D eigenvalue weighted by molar-refractivity contribution is 5.79. The Balaban J connectivity index is 1.78. The SMILES string of the molecule is CCCCCCCCON1C(C)(C)C(N2CCOCC2)C(N2C(=O)CCC2O)C1(C)C. The molecule has 3 aliphatic rings. The Morgan fingerprint density at radius 1 is 1.00 bits per heavy atom. The van der Waals surface area contributed by atoms with Crippen molar-refractivity contribution < 1.29 is 19.5 Å². The van der Waals surface area contributed by atoms with Crippen LogP contribution in [0.15, 0.2) is 0 Å². The summed E-state index contributed by atoms with van der Waals surface area (Å²) in [6.45, 7) is 14.8. The maximum atomic E-state index is 12.9. The maximum absolute atomic E-state index is 12.9. The number of hydrogen-bond acceptors (Lipinski definition) is 6. The summed E-state index contributed by atoms with van der Waals surface area (Å²) in [6.07, 6.45) is 7.59. The number of likely N-dealkylation sites (tertiary alicyclic amines) is 1. The molecule has 3 rings (SSSR count). The zero-order chi connectivity index (χ0) is 22.6. The minimum absolute atomic E-state index is 0.0532. The van der Waals surface area contributed by atoms with E-state index in [9.17, 15) is 9.90 Å². The number of rotatable bonds is 10. The molecule has 3 unspecified atom stereocenters. The lowest BCUT2D eigenvalue weighted by Crippen LogP contribution is -2.62. The fraction of sp³-hybridized carbons (Fsp3) is 0.958. The fourth-order valence-corrected chi connectivity index (χ4v) is 6.15. The van der Waals surface area contributed by atoms with Crippen molar-refractivity contribution in [3.05, 3.63) is 0 Å². The Morgan fingerprint density at radius 3 is 2.23 bits per heavy atom. The lowest BCUT2D eigenvalue weighted by atomic mass is 9.86. The molecule has 0 spiro atoms. The first-order chi connectivity index (χ1) is 14.7. The van der Waals surface area contributed by atoms with E-state index < -0.39 is 11.8 Å². The van der Waals surface area contributed by atoms with Crippen LogP contribution < -0.4 is 0 Å². The molecule has 3 aliphatic heterocycles. The summed E-state index contributed by atoms with van der Waals surface area (Å²) in [6, 6.07) is -0.0807. The Hall–Kier alpha value is -0.730. The Labute approximate surface area is 189 Å². The largest absolute Gasteiger partial charge is 0.379 e. The predicted octanol–water partition coefficient (Wildman–Crippen LogP) is 3.16. The molecule has 3 atom stereocenters. The van der Waals surface area contributed by atoms with Gasteiger partial charge >= 0.3 is 0 Å². The molecule has 3 heterocycles. The van der Waals surface area contributed by atoms with Gasteiger partial charge in [0.15, 0.2) is 0 Å². The van der Waals surface area contributed by atoms with E-state index in [-0.39, 0.29) is 23.5 Å². The number of nitrogens with zero attached hydrogens (tertiary/aromatic N) is 3. The number of carbonyl (C=O) groups excluding carboxylic acids is 1. The number of aliphatic hydroxyl groups is 1. The smallest absolute Gasteiger partial charge is 0.225 e. The quantitative estimate of drug-likeness (QED) is 0.528. The molecule has 0 aromatic rings. The van der Waals surface area contributed by atoms with Crippen LogP contribution in [0.3, 0.4) is 0 Å². The summed E-state index contributed by atoms with van der Waals surface area (Å²) in [5, 5.41) is 12.9. The minimum Gasteiger partial charge on any atom is -0.379 e. The van der Waals surface area contributed by atoms with Crippen LogP contribution in [-0.2, 0) is 14.4 Å². The lowest BCUT2D eigenvalue weighted by molar-refractivity contribution is -0.249. The van der Waals surface area contributed by atoms with Gasteiger partial charge in [0.05, 0.1) is 43.0 Å². The van der Waals surface area contributed by atoms with E-state index in [0.29, 0.717) is 32.7 Å². The van der Waals surface area contributed by atoms with Crippen molar-refractivity contribution in [2.75, 3.05) is 32.9 Å². The van der Waals surface area contributed by atoms with Crippen molar-refractivity contribution in [1.29, 1.82) is 0 Å². The summed E-state index contributed by atoms with van der Waals surface area (Å²) in [7, 11) is 0. The third-order valence-corrected chi connectivity index (χ3v) is 7.48. The fourth-order valence-electron chi connectivity index (χ4n) is 6.15. The van der Waals surface area contributed by atoms with Gasteiger partial charge in [-0.2, -0.15) is 5.06 Å². The van der Waals surface area contributed by atoms with Crippen molar-refractivity contribution >= 4 is 5.91 Å². The molecule has 0 aromatic carbocycles. The lowest BCUT2D eigenvalue weighted by Gasteiger charge is -2.45. The third-order valence-electron chi connectivity index (χ3n) is 7.48. The molecule has 1 N–H and O–H groups in total. The molecular weight excluding hydrogens is 394 g/mol. The normalized spacial score (nSPS) is 31.6. The molecule has 0 aliphatic carbocycles. The standard InChI is InChI=1S/C24H45N3O4/c1-6-7-8-9-10-11-16-31-27-23(2,3)21(25-14-17-30-18-15-25)22(24(27,4)5)26-19(28)12-13-20(26)29/h19,21-22,28H,6-18H2,1-5H3. The van der Waals surface area contributed by atoms with Gasteiger partial charge in [0.1, 0.15) is 6.23 Å². The maximum Gasteiger partial charge on any atom is 0.225 e.